The molecule has 0 aliphatic carbocycles. The lowest BCUT2D eigenvalue weighted by molar-refractivity contribution is 0.841. The summed E-state index contributed by atoms with van der Waals surface area (Å²) in [5.41, 5.74) is 2.39. The third kappa shape index (κ3) is 1.96. The van der Waals surface area contributed by atoms with Crippen LogP contribution in [-0.2, 0) is 0 Å². The molecular weight excluding hydrogens is 188 g/mol. The Bertz CT molecular complexity index is 292. The Balaban J connectivity index is 3.23. The third-order valence-electron chi connectivity index (χ3n) is 1.93. The first-order valence-electron chi connectivity index (χ1n) is 4.01. The topological polar surface area (TPSA) is 0 Å². The molecule has 0 spiro atoms. The van der Waals surface area contributed by atoms with Crippen molar-refractivity contribution in [1.82, 2.24) is 0 Å². The normalized spacial score (nSPS) is 10.8. The molecule has 0 fully saturated rings. The maximum absolute atomic E-state index is 5.94. The summed E-state index contributed by atoms with van der Waals surface area (Å²) in [5, 5.41) is 0.796. The van der Waals surface area contributed by atoms with Crippen LogP contribution in [0.3, 0.4) is 0 Å². The summed E-state index contributed by atoms with van der Waals surface area (Å²) < 4.78 is 0. The van der Waals surface area contributed by atoms with E-state index in [1.165, 1.54) is 5.56 Å². The predicted molar refractivity (Wildman–Crippen MR) is 57.5 cm³/mol. The summed E-state index contributed by atoms with van der Waals surface area (Å²) in [6, 6.07) is 4.02. The number of aryl methyl sites for hydroxylation is 1. The SMILES string of the molecule is Cc1cc(C(C)C)c(S)cc1Cl. The van der Waals surface area contributed by atoms with E-state index in [1.807, 2.05) is 13.0 Å². The molecule has 1 aromatic carbocycles. The standard InChI is InChI=1S/C10H13ClS/c1-6(2)8-4-7(3)9(11)5-10(8)12/h4-6,12H,1-3H3. The predicted octanol–water partition coefficient (Wildman–Crippen LogP) is 4.06. The number of hydrogen-bond acceptors (Lipinski definition) is 1. The molecule has 0 amide bonds. The fourth-order valence-electron chi connectivity index (χ4n) is 1.16. The Morgan fingerprint density at radius 1 is 1.33 bits per heavy atom. The lowest BCUT2D eigenvalue weighted by Gasteiger charge is -2.10. The molecule has 0 radical (unpaired) electrons. The van der Waals surface area contributed by atoms with Gasteiger partial charge in [-0.25, -0.2) is 0 Å². The summed E-state index contributed by atoms with van der Waals surface area (Å²) in [5.74, 6) is 0.508. The molecule has 0 saturated carbocycles. The van der Waals surface area contributed by atoms with Crippen LogP contribution in [-0.4, -0.2) is 0 Å². The second-order valence-electron chi connectivity index (χ2n) is 3.31. The molecule has 1 aromatic rings. The quantitative estimate of drug-likeness (QED) is 0.650. The van der Waals surface area contributed by atoms with E-state index in [0.29, 0.717) is 5.92 Å². The van der Waals surface area contributed by atoms with Gasteiger partial charge in [0.2, 0.25) is 0 Å². The molecule has 0 unspecified atom stereocenters. The van der Waals surface area contributed by atoms with Crippen molar-refractivity contribution in [1.29, 1.82) is 0 Å². The van der Waals surface area contributed by atoms with Gasteiger partial charge in [-0.2, -0.15) is 0 Å². The number of benzene rings is 1. The Morgan fingerprint density at radius 2 is 1.92 bits per heavy atom. The van der Waals surface area contributed by atoms with Crippen LogP contribution in [0.1, 0.15) is 30.9 Å². The van der Waals surface area contributed by atoms with Crippen LogP contribution < -0.4 is 0 Å². The van der Waals surface area contributed by atoms with Gasteiger partial charge in [-0.05, 0) is 30.0 Å². The summed E-state index contributed by atoms with van der Waals surface area (Å²) in [7, 11) is 0. The van der Waals surface area contributed by atoms with Gasteiger partial charge in [0.25, 0.3) is 0 Å². The molecule has 12 heavy (non-hydrogen) atoms. The zero-order valence-electron chi connectivity index (χ0n) is 7.56. The molecule has 0 bridgehead atoms. The highest BCUT2D eigenvalue weighted by molar-refractivity contribution is 7.80. The fourth-order valence-corrected chi connectivity index (χ4v) is 1.85. The minimum absolute atomic E-state index is 0.508. The van der Waals surface area contributed by atoms with Crippen molar-refractivity contribution in [3.63, 3.8) is 0 Å². The van der Waals surface area contributed by atoms with E-state index in [0.717, 1.165) is 15.5 Å². The van der Waals surface area contributed by atoms with Gasteiger partial charge in [0.15, 0.2) is 0 Å². The molecular formula is C10H13ClS. The van der Waals surface area contributed by atoms with E-state index in [2.05, 4.69) is 32.5 Å². The maximum Gasteiger partial charge on any atom is 0.0446 e. The van der Waals surface area contributed by atoms with Crippen molar-refractivity contribution in [3.05, 3.63) is 28.3 Å². The van der Waals surface area contributed by atoms with Crippen LogP contribution in [0.4, 0.5) is 0 Å². The maximum atomic E-state index is 5.94. The number of rotatable bonds is 1. The Morgan fingerprint density at radius 3 is 2.42 bits per heavy atom. The highest BCUT2D eigenvalue weighted by Crippen LogP contribution is 2.28. The lowest BCUT2D eigenvalue weighted by Crippen LogP contribution is -1.91. The van der Waals surface area contributed by atoms with Gasteiger partial charge in [-0.1, -0.05) is 31.5 Å². The number of thiol groups is 1. The minimum Gasteiger partial charge on any atom is -0.143 e. The van der Waals surface area contributed by atoms with Crippen LogP contribution in [0, 0.1) is 6.92 Å². The first-order chi connectivity index (χ1) is 5.52. The molecule has 0 nitrogen and oxygen atoms in total. The smallest absolute Gasteiger partial charge is 0.0446 e. The van der Waals surface area contributed by atoms with E-state index in [4.69, 9.17) is 11.6 Å². The first kappa shape index (κ1) is 9.94. The van der Waals surface area contributed by atoms with Crippen LogP contribution in [0.5, 0.6) is 0 Å². The van der Waals surface area contributed by atoms with Crippen LogP contribution in [0.25, 0.3) is 0 Å². The van der Waals surface area contributed by atoms with Crippen molar-refractivity contribution in [2.24, 2.45) is 0 Å². The monoisotopic (exact) mass is 200 g/mol. The second-order valence-corrected chi connectivity index (χ2v) is 4.20. The molecule has 0 saturated heterocycles. The molecule has 1 rings (SSSR count). The molecule has 0 aliphatic heterocycles. The Labute approximate surface area is 84.3 Å². The van der Waals surface area contributed by atoms with Gasteiger partial charge in [0.1, 0.15) is 0 Å². The van der Waals surface area contributed by atoms with Crippen molar-refractivity contribution in [2.45, 2.75) is 31.6 Å². The Kier molecular flexibility index (Phi) is 3.08. The molecule has 0 aromatic heterocycles. The van der Waals surface area contributed by atoms with Gasteiger partial charge < -0.3 is 0 Å². The molecule has 0 heterocycles. The van der Waals surface area contributed by atoms with E-state index >= 15 is 0 Å². The zero-order chi connectivity index (χ0) is 9.30. The first-order valence-corrected chi connectivity index (χ1v) is 4.84. The van der Waals surface area contributed by atoms with Crippen LogP contribution >= 0.6 is 24.2 Å². The van der Waals surface area contributed by atoms with Crippen molar-refractivity contribution < 1.29 is 0 Å². The van der Waals surface area contributed by atoms with Crippen molar-refractivity contribution in [2.75, 3.05) is 0 Å². The lowest BCUT2D eigenvalue weighted by atomic mass is 10.0. The van der Waals surface area contributed by atoms with E-state index in [-0.39, 0.29) is 0 Å². The summed E-state index contributed by atoms with van der Waals surface area (Å²) in [4.78, 5) is 0.987. The zero-order valence-corrected chi connectivity index (χ0v) is 9.21. The van der Waals surface area contributed by atoms with Crippen molar-refractivity contribution >= 4 is 24.2 Å². The summed E-state index contributed by atoms with van der Waals surface area (Å²) in [6.07, 6.45) is 0. The Hall–Kier alpha value is -0.140. The van der Waals surface area contributed by atoms with Gasteiger partial charge in [-0.3, -0.25) is 0 Å². The second kappa shape index (κ2) is 3.71. The highest BCUT2D eigenvalue weighted by atomic mass is 35.5. The van der Waals surface area contributed by atoms with E-state index < -0.39 is 0 Å². The average Bonchev–Trinajstić information content (AvgIpc) is 1.96. The van der Waals surface area contributed by atoms with Gasteiger partial charge in [0, 0.05) is 9.92 Å². The third-order valence-corrected chi connectivity index (χ3v) is 2.72. The van der Waals surface area contributed by atoms with Crippen LogP contribution in [0.2, 0.25) is 5.02 Å². The molecule has 0 atom stereocenters. The highest BCUT2D eigenvalue weighted by Gasteiger charge is 2.06. The summed E-state index contributed by atoms with van der Waals surface area (Å²) in [6.45, 7) is 6.33. The van der Waals surface area contributed by atoms with Crippen LogP contribution in [0.15, 0.2) is 17.0 Å². The molecule has 2 heteroatoms. The van der Waals surface area contributed by atoms with Gasteiger partial charge >= 0.3 is 0 Å². The summed E-state index contributed by atoms with van der Waals surface area (Å²) >= 11 is 10.3. The molecule has 0 N–H and O–H groups in total. The van der Waals surface area contributed by atoms with Crippen molar-refractivity contribution in [3.8, 4) is 0 Å². The molecule has 66 valence electrons. The minimum atomic E-state index is 0.508. The number of hydrogen-bond donors (Lipinski definition) is 1. The largest absolute Gasteiger partial charge is 0.143 e. The van der Waals surface area contributed by atoms with E-state index in [9.17, 15) is 0 Å². The van der Waals surface area contributed by atoms with Gasteiger partial charge in [-0.15, -0.1) is 12.6 Å². The number of halogens is 1. The molecule has 0 aliphatic rings. The fraction of sp³-hybridized carbons (Fsp3) is 0.400. The van der Waals surface area contributed by atoms with E-state index in [1.54, 1.807) is 0 Å². The average molecular weight is 201 g/mol. The van der Waals surface area contributed by atoms with Gasteiger partial charge in [0.05, 0.1) is 0 Å².